The number of amides is 2. The Balaban J connectivity index is 1.72. The van der Waals surface area contributed by atoms with E-state index in [-0.39, 0.29) is 18.4 Å². The van der Waals surface area contributed by atoms with E-state index < -0.39 is 0 Å². The van der Waals surface area contributed by atoms with Gasteiger partial charge in [0, 0.05) is 0 Å². The summed E-state index contributed by atoms with van der Waals surface area (Å²) in [7, 11) is 3.08. The van der Waals surface area contributed by atoms with Crippen molar-refractivity contribution < 1.29 is 23.5 Å². The van der Waals surface area contributed by atoms with Crippen LogP contribution in [0.3, 0.4) is 0 Å². The molecule has 1 aliphatic heterocycles. The summed E-state index contributed by atoms with van der Waals surface area (Å²) in [5, 5.41) is 0. The lowest BCUT2D eigenvalue weighted by Crippen LogP contribution is -2.30. The van der Waals surface area contributed by atoms with Gasteiger partial charge in [-0.25, -0.2) is 0 Å². The standard InChI is InChI=1S/C24H21NO5S/c1-28-19-11-10-17(13-20(19)29-2)21-22(31-15-18-9-6-12-30-18)24(27)25(23(21)26)14-16-7-4-3-5-8-16/h3-13H,14-15H2,1-2H3. The van der Waals surface area contributed by atoms with E-state index in [0.717, 1.165) is 11.3 Å². The van der Waals surface area contributed by atoms with E-state index in [1.54, 1.807) is 37.6 Å². The molecule has 0 fully saturated rings. The number of thioether (sulfide) groups is 1. The number of hydrogen-bond acceptors (Lipinski definition) is 6. The Morgan fingerprint density at radius 3 is 2.35 bits per heavy atom. The molecular formula is C24H21NO5S. The predicted octanol–water partition coefficient (Wildman–Crippen LogP) is 4.51. The van der Waals surface area contributed by atoms with Crippen molar-refractivity contribution in [3.63, 3.8) is 0 Å². The molecule has 0 aliphatic carbocycles. The van der Waals surface area contributed by atoms with Crippen molar-refractivity contribution in [1.29, 1.82) is 0 Å². The molecule has 0 saturated heterocycles. The summed E-state index contributed by atoms with van der Waals surface area (Å²) in [6.07, 6.45) is 1.59. The summed E-state index contributed by atoms with van der Waals surface area (Å²) in [6.45, 7) is 0.208. The number of carbonyl (C=O) groups is 2. The molecule has 31 heavy (non-hydrogen) atoms. The summed E-state index contributed by atoms with van der Waals surface area (Å²) >= 11 is 1.30. The highest BCUT2D eigenvalue weighted by Crippen LogP contribution is 2.40. The lowest BCUT2D eigenvalue weighted by molar-refractivity contribution is -0.137. The number of furan rings is 1. The van der Waals surface area contributed by atoms with Crippen LogP contribution in [0.2, 0.25) is 0 Å². The van der Waals surface area contributed by atoms with Crippen molar-refractivity contribution >= 4 is 29.1 Å². The van der Waals surface area contributed by atoms with Gasteiger partial charge in [0.05, 0.1) is 43.3 Å². The average Bonchev–Trinajstić information content (AvgIpc) is 3.40. The SMILES string of the molecule is COc1ccc(C2=C(SCc3ccco3)C(=O)N(Cc3ccccc3)C2=O)cc1OC. The van der Waals surface area contributed by atoms with Crippen LogP contribution in [0.15, 0.2) is 76.2 Å². The summed E-state index contributed by atoms with van der Waals surface area (Å²) in [5.41, 5.74) is 1.85. The Hall–Kier alpha value is -3.45. The summed E-state index contributed by atoms with van der Waals surface area (Å²) in [4.78, 5) is 28.3. The molecule has 0 atom stereocenters. The van der Waals surface area contributed by atoms with Crippen molar-refractivity contribution in [2.75, 3.05) is 14.2 Å². The molecule has 1 aromatic heterocycles. The minimum Gasteiger partial charge on any atom is -0.493 e. The van der Waals surface area contributed by atoms with Crippen molar-refractivity contribution in [2.45, 2.75) is 12.3 Å². The molecular weight excluding hydrogens is 414 g/mol. The van der Waals surface area contributed by atoms with E-state index in [1.807, 2.05) is 36.4 Å². The number of ether oxygens (including phenoxy) is 2. The average molecular weight is 436 g/mol. The zero-order valence-electron chi connectivity index (χ0n) is 17.2. The third-order valence-electron chi connectivity index (χ3n) is 4.92. The van der Waals surface area contributed by atoms with Gasteiger partial charge < -0.3 is 13.9 Å². The second-order valence-corrected chi connectivity index (χ2v) is 7.81. The molecule has 0 bridgehead atoms. The van der Waals surface area contributed by atoms with Crippen LogP contribution in [0.1, 0.15) is 16.9 Å². The quantitative estimate of drug-likeness (QED) is 0.485. The topological polar surface area (TPSA) is 69.0 Å². The summed E-state index contributed by atoms with van der Waals surface area (Å²) < 4.78 is 16.1. The predicted molar refractivity (Wildman–Crippen MR) is 118 cm³/mol. The van der Waals surface area contributed by atoms with Crippen LogP contribution >= 0.6 is 11.8 Å². The summed E-state index contributed by atoms with van der Waals surface area (Å²) in [6, 6.07) is 18.3. The van der Waals surface area contributed by atoms with Crippen LogP contribution in [0.4, 0.5) is 0 Å². The molecule has 0 unspecified atom stereocenters. The highest BCUT2D eigenvalue weighted by molar-refractivity contribution is 8.03. The molecule has 3 aromatic rings. The van der Waals surface area contributed by atoms with Crippen molar-refractivity contribution in [3.8, 4) is 11.5 Å². The fourth-order valence-electron chi connectivity index (χ4n) is 3.38. The van der Waals surface area contributed by atoms with Gasteiger partial charge in [-0.1, -0.05) is 36.4 Å². The maximum absolute atomic E-state index is 13.4. The molecule has 0 saturated carbocycles. The van der Waals surface area contributed by atoms with Crippen LogP contribution in [-0.4, -0.2) is 30.9 Å². The van der Waals surface area contributed by atoms with Gasteiger partial charge in [-0.05, 0) is 35.4 Å². The van der Waals surface area contributed by atoms with Crippen LogP contribution in [0.25, 0.3) is 5.57 Å². The first-order valence-electron chi connectivity index (χ1n) is 9.64. The first-order chi connectivity index (χ1) is 15.1. The van der Waals surface area contributed by atoms with Crippen LogP contribution in [0, 0.1) is 0 Å². The van der Waals surface area contributed by atoms with Crippen molar-refractivity contribution in [2.24, 2.45) is 0 Å². The maximum Gasteiger partial charge on any atom is 0.268 e. The van der Waals surface area contributed by atoms with Gasteiger partial charge in [-0.2, -0.15) is 0 Å². The molecule has 1 aliphatic rings. The third-order valence-corrected chi connectivity index (χ3v) is 6.02. The monoisotopic (exact) mass is 435 g/mol. The molecule has 4 rings (SSSR count). The van der Waals surface area contributed by atoms with Gasteiger partial charge >= 0.3 is 0 Å². The van der Waals surface area contributed by atoms with E-state index in [1.165, 1.54) is 23.8 Å². The Labute approximate surface area is 184 Å². The zero-order valence-corrected chi connectivity index (χ0v) is 18.0. The Bertz CT molecular complexity index is 1120. The molecule has 0 spiro atoms. The lowest BCUT2D eigenvalue weighted by atomic mass is 10.1. The van der Waals surface area contributed by atoms with Crippen molar-refractivity contribution in [1.82, 2.24) is 4.90 Å². The minimum absolute atomic E-state index is 0.208. The first kappa shape index (κ1) is 20.8. The van der Waals surface area contributed by atoms with E-state index in [4.69, 9.17) is 13.9 Å². The molecule has 0 N–H and O–H groups in total. The largest absolute Gasteiger partial charge is 0.493 e. The highest BCUT2D eigenvalue weighted by atomic mass is 32.2. The molecule has 158 valence electrons. The smallest absolute Gasteiger partial charge is 0.268 e. The number of imide groups is 1. The van der Waals surface area contributed by atoms with Crippen molar-refractivity contribution in [3.05, 3.63) is 88.7 Å². The molecule has 2 amide bonds. The number of methoxy groups -OCH3 is 2. The second-order valence-electron chi connectivity index (χ2n) is 6.82. The van der Waals surface area contributed by atoms with Gasteiger partial charge in [-0.3, -0.25) is 14.5 Å². The number of hydrogen-bond donors (Lipinski definition) is 0. The van der Waals surface area contributed by atoms with Crippen LogP contribution in [0.5, 0.6) is 11.5 Å². The third kappa shape index (κ3) is 4.22. The lowest BCUT2D eigenvalue weighted by Gasteiger charge is -2.15. The fourth-order valence-corrected chi connectivity index (χ4v) is 4.42. The van der Waals surface area contributed by atoms with E-state index >= 15 is 0 Å². The second kappa shape index (κ2) is 9.14. The molecule has 2 heterocycles. The minimum atomic E-state index is -0.331. The van der Waals surface area contributed by atoms with Crippen LogP contribution in [-0.2, 0) is 21.9 Å². The van der Waals surface area contributed by atoms with Gasteiger partial charge in [0.25, 0.3) is 11.8 Å². The number of rotatable bonds is 8. The molecule has 6 nitrogen and oxygen atoms in total. The van der Waals surface area contributed by atoms with Gasteiger partial charge in [-0.15, -0.1) is 11.8 Å². The van der Waals surface area contributed by atoms with Gasteiger partial charge in [0.1, 0.15) is 5.76 Å². The molecule has 0 radical (unpaired) electrons. The van der Waals surface area contributed by atoms with E-state index in [2.05, 4.69) is 0 Å². The number of carbonyl (C=O) groups excluding carboxylic acids is 2. The fraction of sp³-hybridized carbons (Fsp3) is 0.167. The Morgan fingerprint density at radius 2 is 1.68 bits per heavy atom. The Kier molecular flexibility index (Phi) is 6.13. The molecule has 7 heteroatoms. The van der Waals surface area contributed by atoms with E-state index in [0.29, 0.717) is 33.3 Å². The normalized spacial score (nSPS) is 13.8. The first-order valence-corrected chi connectivity index (χ1v) is 10.6. The van der Waals surface area contributed by atoms with Crippen LogP contribution < -0.4 is 9.47 Å². The van der Waals surface area contributed by atoms with Gasteiger partial charge in [0.2, 0.25) is 0 Å². The maximum atomic E-state index is 13.4. The van der Waals surface area contributed by atoms with Gasteiger partial charge in [0.15, 0.2) is 11.5 Å². The number of benzene rings is 2. The highest BCUT2D eigenvalue weighted by Gasteiger charge is 2.39. The molecule has 2 aromatic carbocycles. The summed E-state index contributed by atoms with van der Waals surface area (Å²) in [5.74, 6) is 1.57. The Morgan fingerprint density at radius 1 is 0.903 bits per heavy atom. The number of nitrogens with zero attached hydrogens (tertiary/aromatic N) is 1. The van der Waals surface area contributed by atoms with E-state index in [9.17, 15) is 9.59 Å². The zero-order chi connectivity index (χ0) is 21.8.